The highest BCUT2D eigenvalue weighted by Gasteiger charge is 1.88. The van der Waals surface area contributed by atoms with Crippen LogP contribution in [0.15, 0.2) is 24.3 Å². The molecule has 0 fully saturated rings. The summed E-state index contributed by atoms with van der Waals surface area (Å²) < 4.78 is 14.2. The summed E-state index contributed by atoms with van der Waals surface area (Å²) in [6.07, 6.45) is 8.82. The third kappa shape index (κ3) is 10.8. The van der Waals surface area contributed by atoms with Gasteiger partial charge in [-0.1, -0.05) is 18.2 Å². The zero-order chi connectivity index (χ0) is 11.4. The molecular formula is C11H18O4. The number of carbonyl (C=O) groups excluding carboxylic acids is 1. The number of allylic oxidation sites excluding steroid dienone is 2. The molecule has 0 saturated heterocycles. The molecule has 0 aliphatic heterocycles. The molecule has 0 aromatic heterocycles. The Morgan fingerprint density at radius 2 is 1.87 bits per heavy atom. The lowest BCUT2D eigenvalue weighted by atomic mass is 10.2. The van der Waals surface area contributed by atoms with Crippen molar-refractivity contribution in [3.8, 4) is 0 Å². The fourth-order valence-electron chi connectivity index (χ4n) is 0.825. The molecule has 0 aromatic carbocycles. The van der Waals surface area contributed by atoms with Crippen molar-refractivity contribution in [2.24, 2.45) is 0 Å². The molecule has 0 aliphatic carbocycles. The topological polar surface area (TPSA) is 44.8 Å². The van der Waals surface area contributed by atoms with Gasteiger partial charge in [0.15, 0.2) is 0 Å². The van der Waals surface area contributed by atoms with E-state index in [4.69, 9.17) is 9.47 Å². The number of hydrogen-bond donors (Lipinski definition) is 0. The number of rotatable bonds is 8. The average molecular weight is 214 g/mol. The first-order chi connectivity index (χ1) is 7.31. The van der Waals surface area contributed by atoms with E-state index in [0.717, 1.165) is 12.8 Å². The first kappa shape index (κ1) is 13.9. The highest BCUT2D eigenvalue weighted by molar-refractivity contribution is 5.81. The van der Waals surface area contributed by atoms with E-state index in [1.54, 1.807) is 13.2 Å². The molecular weight excluding hydrogens is 196 g/mol. The SMILES string of the molecule is COCOC/C=C\CC/C=C/C(=O)OC. The molecule has 0 atom stereocenters. The van der Waals surface area contributed by atoms with Gasteiger partial charge in [0.25, 0.3) is 0 Å². The Balaban J connectivity index is 3.30. The van der Waals surface area contributed by atoms with Crippen molar-refractivity contribution in [1.82, 2.24) is 0 Å². The van der Waals surface area contributed by atoms with Gasteiger partial charge in [-0.05, 0) is 12.8 Å². The summed E-state index contributed by atoms with van der Waals surface area (Å²) in [5, 5.41) is 0. The number of unbranched alkanes of at least 4 members (excludes halogenated alkanes) is 1. The fraction of sp³-hybridized carbons (Fsp3) is 0.545. The Labute approximate surface area is 90.5 Å². The van der Waals surface area contributed by atoms with Crippen LogP contribution in [-0.2, 0) is 19.0 Å². The van der Waals surface area contributed by atoms with Crippen LogP contribution < -0.4 is 0 Å². The minimum Gasteiger partial charge on any atom is -0.466 e. The molecule has 4 heteroatoms. The second kappa shape index (κ2) is 10.9. The number of methoxy groups -OCH3 is 2. The van der Waals surface area contributed by atoms with Gasteiger partial charge in [-0.15, -0.1) is 0 Å². The predicted octanol–water partition coefficient (Wildman–Crippen LogP) is 1.67. The molecule has 0 aromatic rings. The van der Waals surface area contributed by atoms with Crippen LogP contribution in [0.4, 0.5) is 0 Å². The second-order valence-electron chi connectivity index (χ2n) is 2.75. The summed E-state index contributed by atoms with van der Waals surface area (Å²) in [5.74, 6) is -0.317. The molecule has 0 saturated carbocycles. The van der Waals surface area contributed by atoms with E-state index in [1.165, 1.54) is 13.2 Å². The lowest BCUT2D eigenvalue weighted by Gasteiger charge is -1.96. The molecule has 4 nitrogen and oxygen atoms in total. The maximum absolute atomic E-state index is 10.7. The van der Waals surface area contributed by atoms with Gasteiger partial charge in [-0.25, -0.2) is 4.79 Å². The standard InChI is InChI=1S/C11H18O4/c1-13-10-15-9-7-5-3-4-6-8-11(12)14-2/h5-8H,3-4,9-10H2,1-2H3/b7-5-,8-6+. The number of hydrogen-bond acceptors (Lipinski definition) is 4. The quantitative estimate of drug-likeness (QED) is 0.203. The van der Waals surface area contributed by atoms with Crippen molar-refractivity contribution in [2.75, 3.05) is 27.6 Å². The van der Waals surface area contributed by atoms with Gasteiger partial charge in [0.05, 0.1) is 13.7 Å². The van der Waals surface area contributed by atoms with E-state index in [0.29, 0.717) is 13.4 Å². The zero-order valence-electron chi connectivity index (χ0n) is 9.27. The van der Waals surface area contributed by atoms with Crippen molar-refractivity contribution < 1.29 is 19.0 Å². The summed E-state index contributed by atoms with van der Waals surface area (Å²) in [6, 6.07) is 0. The van der Waals surface area contributed by atoms with Gasteiger partial charge in [0.1, 0.15) is 6.79 Å². The van der Waals surface area contributed by atoms with E-state index in [9.17, 15) is 4.79 Å². The average Bonchev–Trinajstić information content (AvgIpc) is 2.26. The highest BCUT2D eigenvalue weighted by Crippen LogP contribution is 1.93. The van der Waals surface area contributed by atoms with Crippen molar-refractivity contribution in [3.63, 3.8) is 0 Å². The molecule has 0 heterocycles. The molecule has 0 N–H and O–H groups in total. The summed E-state index contributed by atoms with van der Waals surface area (Å²) in [4.78, 5) is 10.7. The maximum atomic E-state index is 10.7. The highest BCUT2D eigenvalue weighted by atomic mass is 16.7. The maximum Gasteiger partial charge on any atom is 0.330 e. The summed E-state index contributed by atoms with van der Waals surface area (Å²) in [6.45, 7) is 0.862. The van der Waals surface area contributed by atoms with Gasteiger partial charge in [-0.2, -0.15) is 0 Å². The van der Waals surface area contributed by atoms with Gasteiger partial charge in [-0.3, -0.25) is 0 Å². The Morgan fingerprint density at radius 3 is 2.53 bits per heavy atom. The van der Waals surface area contributed by atoms with Crippen LogP contribution in [0.1, 0.15) is 12.8 Å². The molecule has 0 spiro atoms. The van der Waals surface area contributed by atoms with Crippen LogP contribution in [0.5, 0.6) is 0 Å². The number of ether oxygens (including phenoxy) is 3. The Kier molecular flexibility index (Phi) is 10.1. The lowest BCUT2D eigenvalue weighted by molar-refractivity contribution is -0.134. The van der Waals surface area contributed by atoms with Gasteiger partial charge >= 0.3 is 5.97 Å². The van der Waals surface area contributed by atoms with Crippen LogP contribution in [0.3, 0.4) is 0 Å². The van der Waals surface area contributed by atoms with E-state index in [2.05, 4.69) is 4.74 Å². The minimum absolute atomic E-state index is 0.312. The van der Waals surface area contributed by atoms with Gasteiger partial charge < -0.3 is 14.2 Å². The van der Waals surface area contributed by atoms with Crippen LogP contribution in [0, 0.1) is 0 Å². The monoisotopic (exact) mass is 214 g/mol. The van der Waals surface area contributed by atoms with Crippen molar-refractivity contribution in [3.05, 3.63) is 24.3 Å². The molecule has 0 bridgehead atoms. The summed E-state index contributed by atoms with van der Waals surface area (Å²) in [5.41, 5.74) is 0. The third-order valence-electron chi connectivity index (χ3n) is 1.54. The molecule has 0 aliphatic rings. The van der Waals surface area contributed by atoms with E-state index in [-0.39, 0.29) is 5.97 Å². The van der Waals surface area contributed by atoms with E-state index >= 15 is 0 Å². The zero-order valence-corrected chi connectivity index (χ0v) is 9.27. The minimum atomic E-state index is -0.317. The molecule has 0 amide bonds. The molecule has 0 unspecified atom stereocenters. The first-order valence-electron chi connectivity index (χ1n) is 4.77. The predicted molar refractivity (Wildman–Crippen MR) is 57.4 cm³/mol. The number of esters is 1. The van der Waals surface area contributed by atoms with Crippen LogP contribution in [0.25, 0.3) is 0 Å². The van der Waals surface area contributed by atoms with Crippen LogP contribution in [-0.4, -0.2) is 33.6 Å². The van der Waals surface area contributed by atoms with Gasteiger partial charge in [0.2, 0.25) is 0 Å². The molecule has 0 rings (SSSR count). The smallest absolute Gasteiger partial charge is 0.330 e. The van der Waals surface area contributed by atoms with Crippen LogP contribution in [0.2, 0.25) is 0 Å². The van der Waals surface area contributed by atoms with Crippen molar-refractivity contribution in [2.45, 2.75) is 12.8 Å². The summed E-state index contributed by atoms with van der Waals surface area (Å²) in [7, 11) is 2.95. The summed E-state index contributed by atoms with van der Waals surface area (Å²) >= 11 is 0. The molecule has 86 valence electrons. The van der Waals surface area contributed by atoms with Gasteiger partial charge in [0, 0.05) is 13.2 Å². The Bertz CT molecular complexity index is 209. The molecule has 0 radical (unpaired) electrons. The van der Waals surface area contributed by atoms with Crippen molar-refractivity contribution >= 4 is 5.97 Å². The first-order valence-corrected chi connectivity index (χ1v) is 4.77. The normalized spacial score (nSPS) is 11.3. The molecule has 15 heavy (non-hydrogen) atoms. The van der Waals surface area contributed by atoms with E-state index < -0.39 is 0 Å². The van der Waals surface area contributed by atoms with E-state index in [1.807, 2.05) is 12.2 Å². The second-order valence-corrected chi connectivity index (χ2v) is 2.75. The largest absolute Gasteiger partial charge is 0.466 e. The number of carbonyl (C=O) groups is 1. The Morgan fingerprint density at radius 1 is 1.13 bits per heavy atom. The third-order valence-corrected chi connectivity index (χ3v) is 1.54. The Hall–Kier alpha value is -1.13. The van der Waals surface area contributed by atoms with Crippen LogP contribution >= 0.6 is 0 Å². The fourth-order valence-corrected chi connectivity index (χ4v) is 0.825. The lowest BCUT2D eigenvalue weighted by Crippen LogP contribution is -1.95. The van der Waals surface area contributed by atoms with Crippen molar-refractivity contribution in [1.29, 1.82) is 0 Å².